The number of hydrogen-bond acceptors (Lipinski definition) is 6. The molecule has 144 valence electrons. The summed E-state index contributed by atoms with van der Waals surface area (Å²) < 4.78 is 17.3. The van der Waals surface area contributed by atoms with Crippen LogP contribution in [-0.4, -0.2) is 36.6 Å². The van der Waals surface area contributed by atoms with Gasteiger partial charge in [-0.1, -0.05) is 0 Å². The first-order chi connectivity index (χ1) is 12.7. The Morgan fingerprint density at radius 1 is 1.27 bits per heavy atom. The van der Waals surface area contributed by atoms with Crippen LogP contribution in [-0.2, 0) is 9.47 Å². The van der Waals surface area contributed by atoms with Crippen LogP contribution in [0.4, 0.5) is 11.4 Å². The molecule has 0 radical (unpaired) electrons. The highest BCUT2D eigenvalue weighted by atomic mass is 16.7. The number of nitrogens with zero attached hydrogens (tertiary/aromatic N) is 1. The molecule has 26 heavy (non-hydrogen) atoms. The lowest BCUT2D eigenvalue weighted by molar-refractivity contribution is -0.384. The number of hydrogen-bond donors (Lipinski definition) is 1. The molecule has 1 unspecified atom stereocenters. The van der Waals surface area contributed by atoms with Gasteiger partial charge in [-0.25, -0.2) is 0 Å². The van der Waals surface area contributed by atoms with Gasteiger partial charge in [0.2, 0.25) is 0 Å². The normalized spacial score (nSPS) is 26.3. The summed E-state index contributed by atoms with van der Waals surface area (Å²) in [4.78, 5) is 11.0. The monoisotopic (exact) mass is 364 g/mol. The molecule has 0 bridgehead atoms. The molecule has 3 rings (SSSR count). The third kappa shape index (κ3) is 5.08. The van der Waals surface area contributed by atoms with Gasteiger partial charge in [0.25, 0.3) is 5.69 Å². The molecule has 0 amide bonds. The fraction of sp³-hybridized carbons (Fsp3) is 0.684. The second kappa shape index (κ2) is 9.19. The fourth-order valence-electron chi connectivity index (χ4n) is 3.70. The quantitative estimate of drug-likeness (QED) is 0.575. The van der Waals surface area contributed by atoms with Crippen LogP contribution in [0.5, 0.6) is 5.75 Å². The van der Waals surface area contributed by atoms with Crippen molar-refractivity contribution in [2.24, 2.45) is 0 Å². The lowest BCUT2D eigenvalue weighted by atomic mass is 9.92. The number of rotatable bonds is 7. The van der Waals surface area contributed by atoms with Crippen molar-refractivity contribution < 1.29 is 19.1 Å². The predicted octanol–water partition coefficient (Wildman–Crippen LogP) is 4.26. The molecule has 1 aromatic rings. The van der Waals surface area contributed by atoms with E-state index in [1.54, 1.807) is 12.1 Å². The van der Waals surface area contributed by atoms with Gasteiger partial charge in [0.05, 0.1) is 17.6 Å². The second-order valence-electron chi connectivity index (χ2n) is 6.93. The first kappa shape index (κ1) is 18.9. The highest BCUT2D eigenvalue weighted by Gasteiger charge is 2.28. The second-order valence-corrected chi connectivity index (χ2v) is 6.93. The average Bonchev–Trinajstić information content (AvgIpc) is 2.63. The molecule has 1 aliphatic heterocycles. The molecular formula is C19H28N2O5. The molecule has 1 heterocycles. The summed E-state index contributed by atoms with van der Waals surface area (Å²) in [6, 6.07) is 5.00. The number of ether oxygens (including phenoxy) is 3. The molecule has 3 atom stereocenters. The molecule has 1 saturated heterocycles. The van der Waals surface area contributed by atoms with Crippen molar-refractivity contribution >= 4 is 11.4 Å². The van der Waals surface area contributed by atoms with Gasteiger partial charge in [0.1, 0.15) is 11.4 Å². The van der Waals surface area contributed by atoms with Crippen LogP contribution in [0.15, 0.2) is 18.2 Å². The summed E-state index contributed by atoms with van der Waals surface area (Å²) >= 11 is 0. The fourth-order valence-corrected chi connectivity index (χ4v) is 3.70. The minimum absolute atomic E-state index is 0.0760. The summed E-state index contributed by atoms with van der Waals surface area (Å²) in [5.74, 6) is 0.639. The van der Waals surface area contributed by atoms with Gasteiger partial charge in [0.15, 0.2) is 6.29 Å². The van der Waals surface area contributed by atoms with E-state index in [0.29, 0.717) is 18.0 Å². The van der Waals surface area contributed by atoms with Crippen molar-refractivity contribution in [1.29, 1.82) is 0 Å². The topological polar surface area (TPSA) is 82.9 Å². The van der Waals surface area contributed by atoms with E-state index in [1.807, 2.05) is 6.92 Å². The summed E-state index contributed by atoms with van der Waals surface area (Å²) in [6.07, 6.45) is 7.10. The van der Waals surface area contributed by atoms with E-state index in [2.05, 4.69) is 5.32 Å². The Hall–Kier alpha value is -1.86. The van der Waals surface area contributed by atoms with Crippen LogP contribution in [0, 0.1) is 10.1 Å². The van der Waals surface area contributed by atoms with Crippen molar-refractivity contribution in [2.75, 3.05) is 18.5 Å². The summed E-state index contributed by atoms with van der Waals surface area (Å²) in [5.41, 5.74) is 0.590. The molecular weight excluding hydrogens is 336 g/mol. The maximum Gasteiger partial charge on any atom is 0.292 e. The Bertz CT molecular complexity index is 604. The van der Waals surface area contributed by atoms with Crippen LogP contribution in [0.2, 0.25) is 0 Å². The SMILES string of the molecule is CCOc1ccc([N+](=O)[O-])c(N[C@H]2CCCC(O[C@@H]3CCCCO3)C2)c1. The number of anilines is 1. The van der Waals surface area contributed by atoms with Crippen molar-refractivity contribution in [3.05, 3.63) is 28.3 Å². The minimum Gasteiger partial charge on any atom is -0.494 e. The third-order valence-electron chi connectivity index (χ3n) is 4.94. The van der Waals surface area contributed by atoms with Gasteiger partial charge in [-0.15, -0.1) is 0 Å². The van der Waals surface area contributed by atoms with Crippen molar-refractivity contribution in [2.45, 2.75) is 70.3 Å². The van der Waals surface area contributed by atoms with Gasteiger partial charge in [-0.3, -0.25) is 10.1 Å². The molecule has 0 aromatic heterocycles. The highest BCUT2D eigenvalue weighted by Crippen LogP contribution is 2.33. The first-order valence-electron chi connectivity index (χ1n) is 9.60. The van der Waals surface area contributed by atoms with Crippen LogP contribution < -0.4 is 10.1 Å². The molecule has 1 N–H and O–H groups in total. The third-order valence-corrected chi connectivity index (χ3v) is 4.94. The van der Waals surface area contributed by atoms with E-state index in [4.69, 9.17) is 14.2 Å². The Morgan fingerprint density at radius 3 is 2.88 bits per heavy atom. The Balaban J connectivity index is 1.63. The van der Waals surface area contributed by atoms with Gasteiger partial charge in [0, 0.05) is 24.8 Å². The standard InChI is InChI=1S/C19H28N2O5/c1-2-24-15-9-10-18(21(22)23)17(13-15)20-14-6-5-7-16(12-14)26-19-8-3-4-11-25-19/h9-10,13-14,16,19-20H,2-8,11-12H2,1H3/t14-,16?,19+/m0/s1. The van der Waals surface area contributed by atoms with E-state index < -0.39 is 0 Å². The summed E-state index contributed by atoms with van der Waals surface area (Å²) in [6.45, 7) is 3.19. The highest BCUT2D eigenvalue weighted by molar-refractivity contribution is 5.64. The van der Waals surface area contributed by atoms with Gasteiger partial charge in [-0.05, 0) is 57.9 Å². The Kier molecular flexibility index (Phi) is 6.68. The summed E-state index contributed by atoms with van der Waals surface area (Å²) in [7, 11) is 0. The number of nitrogens with one attached hydrogen (secondary N) is 1. The zero-order chi connectivity index (χ0) is 18.4. The molecule has 1 saturated carbocycles. The van der Waals surface area contributed by atoms with Gasteiger partial charge >= 0.3 is 0 Å². The number of nitro benzene ring substituents is 1. The van der Waals surface area contributed by atoms with Crippen LogP contribution in [0.3, 0.4) is 0 Å². The maximum absolute atomic E-state index is 11.3. The molecule has 2 aliphatic rings. The zero-order valence-corrected chi connectivity index (χ0v) is 15.3. The van der Waals surface area contributed by atoms with Gasteiger partial charge in [-0.2, -0.15) is 0 Å². The van der Waals surface area contributed by atoms with Gasteiger partial charge < -0.3 is 19.5 Å². The zero-order valence-electron chi connectivity index (χ0n) is 15.3. The summed E-state index contributed by atoms with van der Waals surface area (Å²) in [5, 5.41) is 14.7. The largest absolute Gasteiger partial charge is 0.494 e. The van der Waals surface area contributed by atoms with E-state index in [0.717, 1.165) is 51.6 Å². The molecule has 7 heteroatoms. The Labute approximate surface area is 154 Å². The minimum atomic E-state index is -0.356. The molecule has 7 nitrogen and oxygen atoms in total. The van der Waals surface area contributed by atoms with E-state index >= 15 is 0 Å². The number of nitro groups is 1. The van der Waals surface area contributed by atoms with E-state index in [-0.39, 0.29) is 29.0 Å². The van der Waals surface area contributed by atoms with E-state index in [1.165, 1.54) is 6.07 Å². The lowest BCUT2D eigenvalue weighted by Gasteiger charge is -2.33. The first-order valence-corrected chi connectivity index (χ1v) is 9.60. The van der Waals surface area contributed by atoms with Crippen molar-refractivity contribution in [3.63, 3.8) is 0 Å². The lowest BCUT2D eigenvalue weighted by Crippen LogP contribution is -2.35. The predicted molar refractivity (Wildman–Crippen MR) is 98.6 cm³/mol. The van der Waals surface area contributed by atoms with E-state index in [9.17, 15) is 10.1 Å². The molecule has 0 spiro atoms. The van der Waals surface area contributed by atoms with Crippen LogP contribution in [0.25, 0.3) is 0 Å². The molecule has 1 aliphatic carbocycles. The van der Waals surface area contributed by atoms with Crippen molar-refractivity contribution in [1.82, 2.24) is 0 Å². The molecule has 2 fully saturated rings. The molecule has 1 aromatic carbocycles. The van der Waals surface area contributed by atoms with Crippen LogP contribution >= 0.6 is 0 Å². The smallest absolute Gasteiger partial charge is 0.292 e. The Morgan fingerprint density at radius 2 is 2.15 bits per heavy atom. The number of benzene rings is 1. The van der Waals surface area contributed by atoms with Crippen LogP contribution in [0.1, 0.15) is 51.9 Å². The maximum atomic E-state index is 11.3. The average molecular weight is 364 g/mol. The van der Waals surface area contributed by atoms with Crippen molar-refractivity contribution in [3.8, 4) is 5.75 Å².